The van der Waals surface area contributed by atoms with E-state index in [1.807, 2.05) is 13.0 Å². The molecule has 0 bridgehead atoms. The molecule has 0 aliphatic rings. The Kier molecular flexibility index (Phi) is 4.14. The zero-order valence-corrected chi connectivity index (χ0v) is 11.0. The number of nitrogens with one attached hydrogen (secondary N) is 1. The molecule has 2 aromatic carbocycles. The zero-order chi connectivity index (χ0) is 14.0. The fourth-order valence-electron chi connectivity index (χ4n) is 2.01. The van der Waals surface area contributed by atoms with E-state index in [4.69, 9.17) is 17.4 Å². The number of hydrazine groups is 1. The van der Waals surface area contributed by atoms with E-state index in [-0.39, 0.29) is 5.56 Å². The summed E-state index contributed by atoms with van der Waals surface area (Å²) >= 11 is 5.95. The monoisotopic (exact) mass is 282 g/mol. The Morgan fingerprint density at radius 2 is 1.84 bits per heavy atom. The lowest BCUT2D eigenvalue weighted by Gasteiger charge is -2.20. The van der Waals surface area contributed by atoms with Crippen LogP contribution >= 0.6 is 11.6 Å². The Morgan fingerprint density at radius 3 is 2.47 bits per heavy atom. The maximum Gasteiger partial charge on any atom is 0.131 e. The van der Waals surface area contributed by atoms with Crippen LogP contribution in [0, 0.1) is 18.6 Å². The van der Waals surface area contributed by atoms with Crippen LogP contribution in [-0.4, -0.2) is 0 Å². The maximum absolute atomic E-state index is 13.8. The topological polar surface area (TPSA) is 38.0 Å². The van der Waals surface area contributed by atoms with Gasteiger partial charge >= 0.3 is 0 Å². The first-order valence-corrected chi connectivity index (χ1v) is 6.08. The average molecular weight is 283 g/mol. The minimum atomic E-state index is -0.651. The Labute approximate surface area is 115 Å². The molecule has 0 saturated heterocycles. The summed E-state index contributed by atoms with van der Waals surface area (Å²) in [7, 11) is 0. The summed E-state index contributed by atoms with van der Waals surface area (Å²) in [6.45, 7) is 1.87. The van der Waals surface area contributed by atoms with Crippen LogP contribution in [0.4, 0.5) is 8.78 Å². The second-order valence-electron chi connectivity index (χ2n) is 4.27. The molecule has 2 nitrogen and oxygen atoms in total. The highest BCUT2D eigenvalue weighted by Gasteiger charge is 2.19. The maximum atomic E-state index is 13.8. The van der Waals surface area contributed by atoms with Crippen molar-refractivity contribution in [1.29, 1.82) is 0 Å². The second kappa shape index (κ2) is 5.65. The average Bonchev–Trinajstić information content (AvgIpc) is 2.36. The lowest BCUT2D eigenvalue weighted by Crippen LogP contribution is -2.30. The van der Waals surface area contributed by atoms with E-state index >= 15 is 0 Å². The molecule has 2 rings (SSSR count). The van der Waals surface area contributed by atoms with Gasteiger partial charge in [0.1, 0.15) is 11.6 Å². The number of benzene rings is 2. The Morgan fingerprint density at radius 1 is 1.11 bits per heavy atom. The minimum absolute atomic E-state index is 0.272. The van der Waals surface area contributed by atoms with Gasteiger partial charge < -0.3 is 0 Å². The molecule has 0 radical (unpaired) electrons. The summed E-state index contributed by atoms with van der Waals surface area (Å²) in [6.07, 6.45) is 0. The van der Waals surface area contributed by atoms with Crippen LogP contribution in [0.15, 0.2) is 36.4 Å². The highest BCUT2D eigenvalue weighted by Crippen LogP contribution is 2.28. The van der Waals surface area contributed by atoms with Gasteiger partial charge in [0.2, 0.25) is 0 Å². The third-order valence-electron chi connectivity index (χ3n) is 2.99. The fraction of sp³-hybridized carbons (Fsp3) is 0.143. The van der Waals surface area contributed by atoms with E-state index < -0.39 is 17.7 Å². The van der Waals surface area contributed by atoms with Crippen molar-refractivity contribution in [1.82, 2.24) is 5.43 Å². The van der Waals surface area contributed by atoms with Gasteiger partial charge in [-0.25, -0.2) is 14.2 Å². The first-order valence-electron chi connectivity index (χ1n) is 5.70. The van der Waals surface area contributed by atoms with Gasteiger partial charge in [0.15, 0.2) is 0 Å². The normalized spacial score (nSPS) is 12.5. The van der Waals surface area contributed by atoms with Crippen molar-refractivity contribution in [2.24, 2.45) is 5.84 Å². The van der Waals surface area contributed by atoms with Gasteiger partial charge in [-0.1, -0.05) is 23.7 Å². The summed E-state index contributed by atoms with van der Waals surface area (Å²) in [5.41, 5.74) is 4.48. The molecular weight excluding hydrogens is 270 g/mol. The molecule has 0 spiro atoms. The van der Waals surface area contributed by atoms with Gasteiger partial charge in [-0.2, -0.15) is 0 Å². The molecule has 0 aliphatic heterocycles. The molecular formula is C14H13ClF2N2. The summed E-state index contributed by atoms with van der Waals surface area (Å²) in [4.78, 5) is 0. The molecule has 0 aromatic heterocycles. The molecule has 1 atom stereocenters. The number of hydrogen-bond donors (Lipinski definition) is 2. The number of hydrogen-bond acceptors (Lipinski definition) is 2. The summed E-state index contributed by atoms with van der Waals surface area (Å²) in [5.74, 6) is 4.23. The van der Waals surface area contributed by atoms with Gasteiger partial charge in [0, 0.05) is 16.7 Å². The number of halogens is 3. The molecule has 0 saturated carbocycles. The SMILES string of the molecule is Cc1ccc(Cl)cc1C(NN)c1ccc(F)cc1F. The predicted molar refractivity (Wildman–Crippen MR) is 71.7 cm³/mol. The van der Waals surface area contributed by atoms with Gasteiger partial charge in [-0.3, -0.25) is 5.84 Å². The van der Waals surface area contributed by atoms with Crippen LogP contribution in [0.5, 0.6) is 0 Å². The van der Waals surface area contributed by atoms with Crippen LogP contribution in [-0.2, 0) is 0 Å². The van der Waals surface area contributed by atoms with Crippen molar-refractivity contribution in [3.05, 3.63) is 69.7 Å². The molecule has 3 N–H and O–H groups in total. The van der Waals surface area contributed by atoms with Crippen LogP contribution < -0.4 is 11.3 Å². The van der Waals surface area contributed by atoms with Crippen molar-refractivity contribution >= 4 is 11.6 Å². The van der Waals surface area contributed by atoms with Gasteiger partial charge in [0.05, 0.1) is 6.04 Å². The van der Waals surface area contributed by atoms with Crippen LogP contribution in [0.1, 0.15) is 22.7 Å². The molecule has 0 amide bonds. The number of aryl methyl sites for hydroxylation is 1. The number of nitrogens with two attached hydrogens (primary N) is 1. The summed E-state index contributed by atoms with van der Waals surface area (Å²) < 4.78 is 26.8. The molecule has 19 heavy (non-hydrogen) atoms. The highest BCUT2D eigenvalue weighted by molar-refractivity contribution is 6.30. The van der Waals surface area contributed by atoms with Gasteiger partial charge in [0.25, 0.3) is 0 Å². The third-order valence-corrected chi connectivity index (χ3v) is 3.23. The van der Waals surface area contributed by atoms with E-state index in [1.165, 1.54) is 12.1 Å². The summed E-state index contributed by atoms with van der Waals surface area (Å²) in [6, 6.07) is 8.10. The highest BCUT2D eigenvalue weighted by atomic mass is 35.5. The quantitative estimate of drug-likeness (QED) is 0.668. The first-order chi connectivity index (χ1) is 9.02. The first kappa shape index (κ1) is 13.9. The molecule has 0 heterocycles. The van der Waals surface area contributed by atoms with Crippen molar-refractivity contribution < 1.29 is 8.78 Å². The van der Waals surface area contributed by atoms with Crippen LogP contribution in [0.25, 0.3) is 0 Å². The Balaban J connectivity index is 2.52. The van der Waals surface area contributed by atoms with E-state index in [0.717, 1.165) is 17.2 Å². The predicted octanol–water partition coefficient (Wildman–Crippen LogP) is 3.48. The van der Waals surface area contributed by atoms with Crippen LogP contribution in [0.3, 0.4) is 0 Å². The third kappa shape index (κ3) is 2.92. The lowest BCUT2D eigenvalue weighted by atomic mass is 9.95. The number of rotatable bonds is 3. The Hall–Kier alpha value is -1.49. The second-order valence-corrected chi connectivity index (χ2v) is 4.70. The lowest BCUT2D eigenvalue weighted by molar-refractivity contribution is 0.540. The fourth-order valence-corrected chi connectivity index (χ4v) is 2.19. The molecule has 100 valence electrons. The smallest absolute Gasteiger partial charge is 0.131 e. The van der Waals surface area contributed by atoms with Crippen molar-refractivity contribution in [2.75, 3.05) is 0 Å². The molecule has 0 fully saturated rings. The van der Waals surface area contributed by atoms with Crippen molar-refractivity contribution in [3.8, 4) is 0 Å². The van der Waals surface area contributed by atoms with Crippen LogP contribution in [0.2, 0.25) is 5.02 Å². The van der Waals surface area contributed by atoms with Gasteiger partial charge in [-0.15, -0.1) is 0 Å². The molecule has 2 aromatic rings. The molecule has 0 aliphatic carbocycles. The molecule has 1 unspecified atom stereocenters. The largest absolute Gasteiger partial charge is 0.271 e. The van der Waals surface area contributed by atoms with Crippen molar-refractivity contribution in [2.45, 2.75) is 13.0 Å². The molecule has 5 heteroatoms. The minimum Gasteiger partial charge on any atom is -0.271 e. The van der Waals surface area contributed by atoms with Crippen molar-refractivity contribution in [3.63, 3.8) is 0 Å². The van der Waals surface area contributed by atoms with E-state index in [0.29, 0.717) is 5.02 Å². The summed E-state index contributed by atoms with van der Waals surface area (Å²) in [5, 5.41) is 0.531. The standard InChI is InChI=1S/C14H13ClF2N2/c1-8-2-3-9(15)6-12(8)14(19-18)11-5-4-10(16)7-13(11)17/h2-7,14,19H,18H2,1H3. The Bertz CT molecular complexity index is 602. The van der Waals surface area contributed by atoms with Gasteiger partial charge in [-0.05, 0) is 36.2 Å². The van der Waals surface area contributed by atoms with E-state index in [2.05, 4.69) is 5.43 Å². The zero-order valence-electron chi connectivity index (χ0n) is 10.3. The van der Waals surface area contributed by atoms with E-state index in [1.54, 1.807) is 12.1 Å². The van der Waals surface area contributed by atoms with E-state index in [9.17, 15) is 8.78 Å².